The van der Waals surface area contributed by atoms with Gasteiger partial charge in [-0.1, -0.05) is 12.1 Å². The Morgan fingerprint density at radius 3 is 2.79 bits per heavy atom. The molecule has 144 valence electrons. The van der Waals surface area contributed by atoms with E-state index in [4.69, 9.17) is 0 Å². The van der Waals surface area contributed by atoms with Crippen molar-refractivity contribution in [3.8, 4) is 0 Å². The van der Waals surface area contributed by atoms with E-state index in [9.17, 15) is 14.4 Å². The lowest BCUT2D eigenvalue weighted by Gasteiger charge is -2.12. The van der Waals surface area contributed by atoms with Crippen LogP contribution in [0.2, 0.25) is 0 Å². The fraction of sp³-hybridized carbons (Fsp3) is 0.333. The van der Waals surface area contributed by atoms with E-state index < -0.39 is 11.5 Å². The Kier molecular flexibility index (Phi) is 4.58. The number of ketones is 1. The van der Waals surface area contributed by atoms with Gasteiger partial charge in [0.25, 0.3) is 11.5 Å². The summed E-state index contributed by atoms with van der Waals surface area (Å²) in [4.78, 5) is 42.2. The van der Waals surface area contributed by atoms with Crippen LogP contribution in [0, 0.1) is 5.92 Å². The molecule has 1 aliphatic carbocycles. The van der Waals surface area contributed by atoms with Gasteiger partial charge in [-0.15, -0.1) is 0 Å². The molecule has 4 rings (SSSR count). The lowest BCUT2D eigenvalue weighted by molar-refractivity contribution is 0.0961. The zero-order valence-electron chi connectivity index (χ0n) is 15.9. The molecule has 1 aromatic carbocycles. The van der Waals surface area contributed by atoms with E-state index >= 15 is 0 Å². The van der Waals surface area contributed by atoms with Crippen molar-refractivity contribution in [2.45, 2.75) is 25.8 Å². The van der Waals surface area contributed by atoms with Crippen LogP contribution in [0.4, 0.5) is 0 Å². The fourth-order valence-electron chi connectivity index (χ4n) is 3.43. The molecule has 0 aliphatic heterocycles. The van der Waals surface area contributed by atoms with Gasteiger partial charge < -0.3 is 14.5 Å². The van der Waals surface area contributed by atoms with Crippen molar-refractivity contribution in [1.29, 1.82) is 0 Å². The smallest absolute Gasteiger partial charge is 0.263 e. The van der Waals surface area contributed by atoms with Crippen LogP contribution in [0.15, 0.2) is 41.6 Å². The lowest BCUT2D eigenvalue weighted by atomic mass is 10.0. The third-order valence-corrected chi connectivity index (χ3v) is 5.23. The van der Waals surface area contributed by atoms with E-state index in [0.29, 0.717) is 17.9 Å². The number of benzene rings is 1. The minimum Gasteiger partial charge on any atom is -0.355 e. The van der Waals surface area contributed by atoms with E-state index in [1.54, 1.807) is 12.5 Å². The quantitative estimate of drug-likeness (QED) is 0.666. The van der Waals surface area contributed by atoms with E-state index in [1.807, 2.05) is 29.8 Å². The van der Waals surface area contributed by atoms with Crippen molar-refractivity contribution in [2.24, 2.45) is 13.0 Å². The number of fused-ring (bicyclic) bond motifs is 1. The van der Waals surface area contributed by atoms with Gasteiger partial charge in [0, 0.05) is 32.3 Å². The summed E-state index contributed by atoms with van der Waals surface area (Å²) in [5.74, 6) is -0.0908. The number of carbonyl (C=O) groups is 2. The second-order valence-corrected chi connectivity index (χ2v) is 7.37. The normalized spacial score (nSPS) is 13.6. The highest BCUT2D eigenvalue weighted by Crippen LogP contribution is 2.33. The highest BCUT2D eigenvalue weighted by Gasteiger charge is 2.26. The molecule has 0 spiro atoms. The summed E-state index contributed by atoms with van der Waals surface area (Å²) in [7, 11) is 3.38. The molecule has 28 heavy (non-hydrogen) atoms. The molecule has 0 atom stereocenters. The number of hydrogen-bond donors (Lipinski definition) is 1. The van der Waals surface area contributed by atoms with Crippen molar-refractivity contribution in [1.82, 2.24) is 19.4 Å². The number of para-hydroxylation sites is 1. The van der Waals surface area contributed by atoms with Gasteiger partial charge in [0.2, 0.25) is 0 Å². The summed E-state index contributed by atoms with van der Waals surface area (Å²) in [6, 6.07) is 7.19. The highest BCUT2D eigenvalue weighted by molar-refractivity contribution is 6.00. The zero-order chi connectivity index (χ0) is 19.8. The minimum absolute atomic E-state index is 0.0163. The minimum atomic E-state index is -0.490. The summed E-state index contributed by atoms with van der Waals surface area (Å²) in [5, 5.41) is 2.49. The monoisotopic (exact) mass is 378 g/mol. The van der Waals surface area contributed by atoms with Gasteiger partial charge in [-0.05, 0) is 36.5 Å². The van der Waals surface area contributed by atoms with Gasteiger partial charge in [0.1, 0.15) is 5.56 Å². The van der Waals surface area contributed by atoms with E-state index in [0.717, 1.165) is 29.4 Å². The number of amides is 1. The Balaban J connectivity index is 1.78. The van der Waals surface area contributed by atoms with Crippen LogP contribution in [0.3, 0.4) is 0 Å². The van der Waals surface area contributed by atoms with Crippen LogP contribution >= 0.6 is 0 Å². The first kappa shape index (κ1) is 18.2. The molecule has 3 aromatic rings. The Bertz CT molecular complexity index is 1140. The molecule has 2 heterocycles. The Morgan fingerprint density at radius 1 is 1.29 bits per heavy atom. The first-order valence-corrected chi connectivity index (χ1v) is 9.36. The number of nitrogens with one attached hydrogen (secondary N) is 1. The molecular weight excluding hydrogens is 356 g/mol. The van der Waals surface area contributed by atoms with E-state index in [1.165, 1.54) is 17.7 Å². The average Bonchev–Trinajstić information content (AvgIpc) is 3.43. The van der Waals surface area contributed by atoms with Crippen LogP contribution < -0.4 is 10.9 Å². The van der Waals surface area contributed by atoms with Gasteiger partial charge in [-0.2, -0.15) is 0 Å². The predicted molar refractivity (Wildman–Crippen MR) is 106 cm³/mol. The van der Waals surface area contributed by atoms with Gasteiger partial charge in [0.15, 0.2) is 5.78 Å². The predicted octanol–water partition coefficient (Wildman–Crippen LogP) is 2.13. The number of Topliss-reactive ketones (excluding diaryl/α,β-unsaturated/α-hetero) is 1. The molecule has 0 bridgehead atoms. The molecule has 1 amide bonds. The van der Waals surface area contributed by atoms with Crippen LogP contribution in [0.25, 0.3) is 11.0 Å². The van der Waals surface area contributed by atoms with Gasteiger partial charge in [-0.25, -0.2) is 4.98 Å². The summed E-state index contributed by atoms with van der Waals surface area (Å²) < 4.78 is 3.35. The maximum absolute atomic E-state index is 12.9. The molecular formula is C21H22N4O3. The third-order valence-electron chi connectivity index (χ3n) is 5.23. The fourth-order valence-corrected chi connectivity index (χ4v) is 3.43. The Labute approximate surface area is 162 Å². The molecule has 7 heteroatoms. The standard InChI is InChI=1S/C21H22N4O3/c1-22-20(27)16-9-15(18(26)8-13-6-7-13)11-25(21(16)28)10-14-4-3-5-17-19(14)23-12-24(17)2/h3-5,9,11-13H,6-8,10H2,1-2H3,(H,22,27). The molecule has 1 fully saturated rings. The third kappa shape index (κ3) is 3.35. The summed E-state index contributed by atoms with van der Waals surface area (Å²) in [6.07, 6.45) is 5.88. The Morgan fingerprint density at radius 2 is 2.07 bits per heavy atom. The molecule has 1 saturated carbocycles. The number of rotatable bonds is 6. The largest absolute Gasteiger partial charge is 0.355 e. The molecule has 0 saturated heterocycles. The van der Waals surface area contributed by atoms with Crippen molar-refractivity contribution >= 4 is 22.7 Å². The topological polar surface area (TPSA) is 86.0 Å². The van der Waals surface area contributed by atoms with E-state index in [-0.39, 0.29) is 17.9 Å². The second-order valence-electron chi connectivity index (χ2n) is 7.37. The number of pyridine rings is 1. The molecule has 0 radical (unpaired) electrons. The van der Waals surface area contributed by atoms with Gasteiger partial charge in [0.05, 0.1) is 23.9 Å². The number of aromatic nitrogens is 3. The zero-order valence-corrected chi connectivity index (χ0v) is 15.9. The molecule has 7 nitrogen and oxygen atoms in total. The first-order valence-electron chi connectivity index (χ1n) is 9.36. The number of imidazole rings is 1. The number of carbonyl (C=O) groups excluding carboxylic acids is 2. The SMILES string of the molecule is CNC(=O)c1cc(C(=O)CC2CC2)cn(Cc2cccc3c2ncn3C)c1=O. The summed E-state index contributed by atoms with van der Waals surface area (Å²) >= 11 is 0. The summed E-state index contributed by atoms with van der Waals surface area (Å²) in [5.41, 5.74) is 2.58. The lowest BCUT2D eigenvalue weighted by Crippen LogP contribution is -2.32. The van der Waals surface area contributed by atoms with Gasteiger partial charge in [-0.3, -0.25) is 14.4 Å². The number of nitrogens with zero attached hydrogens (tertiary/aromatic N) is 3. The molecule has 2 aromatic heterocycles. The first-order chi connectivity index (χ1) is 13.5. The van der Waals surface area contributed by atoms with Crippen molar-refractivity contribution in [2.75, 3.05) is 7.05 Å². The van der Waals surface area contributed by atoms with Crippen molar-refractivity contribution in [3.63, 3.8) is 0 Å². The number of aryl methyl sites for hydroxylation is 1. The molecule has 0 unspecified atom stereocenters. The van der Waals surface area contributed by atoms with Crippen LogP contribution in [-0.2, 0) is 13.6 Å². The van der Waals surface area contributed by atoms with Crippen molar-refractivity contribution in [3.05, 3.63) is 63.8 Å². The average molecular weight is 378 g/mol. The Hall–Kier alpha value is -3.22. The van der Waals surface area contributed by atoms with E-state index in [2.05, 4.69) is 10.3 Å². The van der Waals surface area contributed by atoms with Crippen molar-refractivity contribution < 1.29 is 9.59 Å². The maximum Gasteiger partial charge on any atom is 0.263 e. The summed E-state index contributed by atoms with van der Waals surface area (Å²) in [6.45, 7) is 0.238. The van der Waals surface area contributed by atoms with Crippen LogP contribution in [0.1, 0.15) is 45.5 Å². The van der Waals surface area contributed by atoms with Gasteiger partial charge >= 0.3 is 0 Å². The van der Waals surface area contributed by atoms with Crippen LogP contribution in [0.5, 0.6) is 0 Å². The molecule has 1 N–H and O–H groups in total. The number of hydrogen-bond acceptors (Lipinski definition) is 4. The molecule has 1 aliphatic rings. The second kappa shape index (κ2) is 7.07. The van der Waals surface area contributed by atoms with Crippen LogP contribution in [-0.4, -0.2) is 32.9 Å². The highest BCUT2D eigenvalue weighted by atomic mass is 16.2. The maximum atomic E-state index is 12.9.